The highest BCUT2D eigenvalue weighted by Gasteiger charge is 2.31. The zero-order chi connectivity index (χ0) is 12.1. The SMILES string of the molecule is CCNCC(O)CN1CCC2CCCCC2C1. The van der Waals surface area contributed by atoms with E-state index in [1.165, 1.54) is 45.2 Å². The Morgan fingerprint density at radius 2 is 2.00 bits per heavy atom. The van der Waals surface area contributed by atoms with E-state index in [9.17, 15) is 5.11 Å². The number of nitrogens with zero attached hydrogens (tertiary/aromatic N) is 1. The average Bonchev–Trinajstić information content (AvgIpc) is 2.36. The van der Waals surface area contributed by atoms with Gasteiger partial charge in [-0.1, -0.05) is 26.2 Å². The lowest BCUT2D eigenvalue weighted by Crippen LogP contribution is -2.46. The van der Waals surface area contributed by atoms with Crippen molar-refractivity contribution in [2.24, 2.45) is 11.8 Å². The zero-order valence-corrected chi connectivity index (χ0v) is 11.2. The van der Waals surface area contributed by atoms with Crippen LogP contribution in [0.2, 0.25) is 0 Å². The molecular formula is C14H28N2O. The number of β-amino-alcohol motifs (C(OH)–C–C–N with tert-alkyl or cyclic N) is 1. The van der Waals surface area contributed by atoms with Crippen molar-refractivity contribution in [1.82, 2.24) is 10.2 Å². The molecule has 3 nitrogen and oxygen atoms in total. The van der Waals surface area contributed by atoms with Crippen molar-refractivity contribution >= 4 is 0 Å². The average molecular weight is 240 g/mol. The molecular weight excluding hydrogens is 212 g/mol. The number of aliphatic hydroxyl groups is 1. The van der Waals surface area contributed by atoms with Crippen LogP contribution in [0.1, 0.15) is 39.0 Å². The molecule has 0 radical (unpaired) electrons. The third-order valence-electron chi connectivity index (χ3n) is 4.47. The Morgan fingerprint density at radius 3 is 2.76 bits per heavy atom. The molecule has 1 saturated carbocycles. The molecule has 0 aromatic rings. The third-order valence-corrected chi connectivity index (χ3v) is 4.47. The molecule has 1 saturated heterocycles. The maximum atomic E-state index is 9.92. The van der Waals surface area contributed by atoms with E-state index in [2.05, 4.69) is 17.1 Å². The Bertz CT molecular complexity index is 222. The van der Waals surface area contributed by atoms with Crippen LogP contribution in [-0.2, 0) is 0 Å². The fraction of sp³-hybridized carbons (Fsp3) is 1.00. The summed E-state index contributed by atoms with van der Waals surface area (Å²) < 4.78 is 0. The molecule has 1 aliphatic carbocycles. The summed E-state index contributed by atoms with van der Waals surface area (Å²) in [5, 5.41) is 13.1. The zero-order valence-electron chi connectivity index (χ0n) is 11.2. The summed E-state index contributed by atoms with van der Waals surface area (Å²) in [6.45, 7) is 7.05. The van der Waals surface area contributed by atoms with Crippen molar-refractivity contribution in [2.45, 2.75) is 45.1 Å². The lowest BCUT2D eigenvalue weighted by molar-refractivity contribution is 0.0466. The Morgan fingerprint density at radius 1 is 1.24 bits per heavy atom. The fourth-order valence-electron chi connectivity index (χ4n) is 3.52. The Balaban J connectivity index is 1.71. The number of hydrogen-bond acceptors (Lipinski definition) is 3. The van der Waals surface area contributed by atoms with Crippen LogP contribution in [0, 0.1) is 11.8 Å². The molecule has 100 valence electrons. The predicted molar refractivity (Wildman–Crippen MR) is 71.1 cm³/mol. The minimum absolute atomic E-state index is 0.199. The van der Waals surface area contributed by atoms with Gasteiger partial charge in [0.1, 0.15) is 0 Å². The van der Waals surface area contributed by atoms with Crippen LogP contribution >= 0.6 is 0 Å². The van der Waals surface area contributed by atoms with Crippen LogP contribution in [0.5, 0.6) is 0 Å². The number of piperidine rings is 1. The summed E-state index contributed by atoms with van der Waals surface area (Å²) in [4.78, 5) is 2.48. The molecule has 17 heavy (non-hydrogen) atoms. The van der Waals surface area contributed by atoms with Gasteiger partial charge in [-0.3, -0.25) is 0 Å². The Labute approximate surface area is 106 Å². The Hall–Kier alpha value is -0.120. The second kappa shape index (κ2) is 6.72. The van der Waals surface area contributed by atoms with Gasteiger partial charge < -0.3 is 15.3 Å². The molecule has 3 heteroatoms. The van der Waals surface area contributed by atoms with Gasteiger partial charge in [0.25, 0.3) is 0 Å². The highest BCUT2D eigenvalue weighted by atomic mass is 16.3. The van der Waals surface area contributed by atoms with E-state index < -0.39 is 0 Å². The predicted octanol–water partition coefficient (Wildman–Crippen LogP) is 1.47. The van der Waals surface area contributed by atoms with Crippen molar-refractivity contribution < 1.29 is 5.11 Å². The van der Waals surface area contributed by atoms with Gasteiger partial charge in [0.15, 0.2) is 0 Å². The van der Waals surface area contributed by atoms with Crippen molar-refractivity contribution in [3.8, 4) is 0 Å². The molecule has 0 bridgehead atoms. The van der Waals surface area contributed by atoms with Gasteiger partial charge in [-0.25, -0.2) is 0 Å². The standard InChI is InChI=1S/C14H28N2O/c1-2-15-9-14(17)11-16-8-7-12-5-3-4-6-13(12)10-16/h12-15,17H,2-11H2,1H3. The second-order valence-electron chi connectivity index (χ2n) is 5.81. The summed E-state index contributed by atoms with van der Waals surface area (Å²) in [7, 11) is 0. The summed E-state index contributed by atoms with van der Waals surface area (Å²) in [6.07, 6.45) is 6.91. The van der Waals surface area contributed by atoms with Crippen LogP contribution in [0.15, 0.2) is 0 Å². The summed E-state index contributed by atoms with van der Waals surface area (Å²) in [6, 6.07) is 0. The van der Waals surface area contributed by atoms with Crippen LogP contribution < -0.4 is 5.32 Å². The number of nitrogens with one attached hydrogen (secondary N) is 1. The smallest absolute Gasteiger partial charge is 0.0791 e. The minimum atomic E-state index is -0.199. The molecule has 2 N–H and O–H groups in total. The number of hydrogen-bond donors (Lipinski definition) is 2. The van der Waals surface area contributed by atoms with Crippen LogP contribution in [-0.4, -0.2) is 48.8 Å². The normalized spacial score (nSPS) is 32.1. The molecule has 3 atom stereocenters. The van der Waals surface area contributed by atoms with Gasteiger partial charge in [0.2, 0.25) is 0 Å². The highest BCUT2D eigenvalue weighted by Crippen LogP contribution is 2.35. The quantitative estimate of drug-likeness (QED) is 0.764. The second-order valence-corrected chi connectivity index (χ2v) is 5.81. The third kappa shape index (κ3) is 3.94. The van der Waals surface area contributed by atoms with E-state index >= 15 is 0 Å². The summed E-state index contributed by atoms with van der Waals surface area (Å²) in [5.41, 5.74) is 0. The summed E-state index contributed by atoms with van der Waals surface area (Å²) >= 11 is 0. The minimum Gasteiger partial charge on any atom is -0.390 e. The van der Waals surface area contributed by atoms with Crippen LogP contribution in [0.4, 0.5) is 0 Å². The van der Waals surface area contributed by atoms with E-state index in [4.69, 9.17) is 0 Å². The maximum absolute atomic E-state index is 9.92. The van der Waals surface area contributed by atoms with Crippen LogP contribution in [0.25, 0.3) is 0 Å². The van der Waals surface area contributed by atoms with Gasteiger partial charge in [-0.05, 0) is 37.8 Å². The fourth-order valence-corrected chi connectivity index (χ4v) is 3.52. The molecule has 0 amide bonds. The van der Waals surface area contributed by atoms with E-state index in [1.807, 2.05) is 0 Å². The van der Waals surface area contributed by atoms with Gasteiger partial charge in [0.05, 0.1) is 6.10 Å². The van der Waals surface area contributed by atoms with Crippen molar-refractivity contribution in [2.75, 3.05) is 32.7 Å². The molecule has 2 rings (SSSR count). The monoisotopic (exact) mass is 240 g/mol. The molecule has 2 fully saturated rings. The molecule has 1 heterocycles. The number of rotatable bonds is 5. The lowest BCUT2D eigenvalue weighted by Gasteiger charge is -2.41. The first kappa shape index (κ1) is 13.3. The van der Waals surface area contributed by atoms with Gasteiger partial charge in [0, 0.05) is 19.6 Å². The van der Waals surface area contributed by atoms with E-state index in [-0.39, 0.29) is 6.10 Å². The molecule has 2 aliphatic rings. The van der Waals surface area contributed by atoms with Crippen molar-refractivity contribution in [3.05, 3.63) is 0 Å². The number of likely N-dealkylation sites (tertiary alicyclic amines) is 1. The van der Waals surface area contributed by atoms with Gasteiger partial charge in [-0.2, -0.15) is 0 Å². The molecule has 1 aliphatic heterocycles. The Kier molecular flexibility index (Phi) is 5.26. The molecule has 0 aromatic carbocycles. The van der Waals surface area contributed by atoms with E-state index in [1.54, 1.807) is 0 Å². The highest BCUT2D eigenvalue weighted by molar-refractivity contribution is 4.84. The largest absolute Gasteiger partial charge is 0.390 e. The first-order valence-electron chi connectivity index (χ1n) is 7.40. The topological polar surface area (TPSA) is 35.5 Å². The first-order chi connectivity index (χ1) is 8.29. The van der Waals surface area contributed by atoms with E-state index in [0.29, 0.717) is 0 Å². The number of likely N-dealkylation sites (N-methyl/N-ethyl adjacent to an activating group) is 1. The lowest BCUT2D eigenvalue weighted by atomic mass is 9.75. The molecule has 3 unspecified atom stereocenters. The van der Waals surface area contributed by atoms with E-state index in [0.717, 1.165) is 31.5 Å². The van der Waals surface area contributed by atoms with Crippen molar-refractivity contribution in [1.29, 1.82) is 0 Å². The van der Waals surface area contributed by atoms with Gasteiger partial charge in [-0.15, -0.1) is 0 Å². The molecule has 0 spiro atoms. The molecule has 0 aromatic heterocycles. The van der Waals surface area contributed by atoms with Crippen LogP contribution in [0.3, 0.4) is 0 Å². The van der Waals surface area contributed by atoms with Crippen molar-refractivity contribution in [3.63, 3.8) is 0 Å². The number of aliphatic hydroxyl groups excluding tert-OH is 1. The maximum Gasteiger partial charge on any atom is 0.0791 e. The number of fused-ring (bicyclic) bond motifs is 1. The summed E-state index contributed by atoms with van der Waals surface area (Å²) in [5.74, 6) is 1.91. The van der Waals surface area contributed by atoms with Gasteiger partial charge >= 0.3 is 0 Å². The first-order valence-corrected chi connectivity index (χ1v) is 7.40.